The summed E-state index contributed by atoms with van der Waals surface area (Å²) in [5.74, 6) is -11.1. The first kappa shape index (κ1) is 51.9. The maximum atomic E-state index is 14.8. The Kier molecular flexibility index (Phi) is 21.3. The van der Waals surface area contributed by atoms with Crippen molar-refractivity contribution < 1.29 is 67.3 Å². The van der Waals surface area contributed by atoms with Crippen molar-refractivity contribution in [1.29, 1.82) is 0 Å². The Morgan fingerprint density at radius 2 is 1.02 bits per heavy atom. The Balaban J connectivity index is 2.09. The first-order valence-electron chi connectivity index (χ1n) is 21.2. The Morgan fingerprint density at radius 3 is 1.47 bits per heavy atom. The Hall–Kier alpha value is -6.47. The van der Waals surface area contributed by atoms with E-state index < -0.39 is 134 Å². The number of carboxylic acid groups (broad SMARTS) is 3. The van der Waals surface area contributed by atoms with Gasteiger partial charge in [0.2, 0.25) is 41.9 Å². The summed E-state index contributed by atoms with van der Waals surface area (Å²) < 4.78 is 26.6. The summed E-state index contributed by atoms with van der Waals surface area (Å²) in [5.41, 5.74) is 0.953. The highest BCUT2D eigenvalue weighted by molar-refractivity contribution is 5.97. The molecule has 1 saturated carbocycles. The molecule has 6 amide bonds. The Labute approximate surface area is 369 Å². The molecule has 9 N–H and O–H groups in total. The maximum absolute atomic E-state index is 14.8. The summed E-state index contributed by atoms with van der Waals surface area (Å²) in [6, 6.07) is 7.19. The van der Waals surface area contributed by atoms with Crippen molar-refractivity contribution in [2.24, 2.45) is 5.92 Å². The van der Waals surface area contributed by atoms with Gasteiger partial charge in [0.25, 0.3) is 0 Å². The molecular weight excluding hydrogens is 843 g/mol. The fraction of sp³-hybridized carbons (Fsp3) is 0.523. The molecule has 2 aromatic rings. The summed E-state index contributed by atoms with van der Waals surface area (Å²) in [7, 11) is 0. The summed E-state index contributed by atoms with van der Waals surface area (Å²) in [6.07, 6.45) is -2.66. The number of halogens is 2. The molecule has 18 nitrogen and oxygen atoms in total. The van der Waals surface area contributed by atoms with Gasteiger partial charge in [-0.3, -0.25) is 38.4 Å². The fourth-order valence-electron chi connectivity index (χ4n) is 7.59. The summed E-state index contributed by atoms with van der Waals surface area (Å²) >= 11 is 0. The number of carboxylic acids is 3. The molecule has 3 rings (SSSR count). The molecule has 0 unspecified atom stereocenters. The highest BCUT2D eigenvalue weighted by atomic mass is 19.3. The normalized spacial score (nSPS) is 15.6. The first-order chi connectivity index (χ1) is 30.4. The number of rotatable bonds is 26. The van der Waals surface area contributed by atoms with E-state index in [1.54, 1.807) is 67.6 Å². The molecule has 0 aliphatic heterocycles. The van der Waals surface area contributed by atoms with Crippen molar-refractivity contribution >= 4 is 53.4 Å². The molecule has 2 aromatic carbocycles. The highest BCUT2D eigenvalue weighted by Gasteiger charge is 2.38. The van der Waals surface area contributed by atoms with Crippen molar-refractivity contribution in [2.45, 2.75) is 139 Å². The van der Waals surface area contributed by atoms with E-state index in [9.17, 15) is 67.3 Å². The number of benzene rings is 2. The van der Waals surface area contributed by atoms with Crippen molar-refractivity contribution in [2.75, 3.05) is 0 Å². The lowest BCUT2D eigenvalue weighted by Gasteiger charge is -2.32. The Morgan fingerprint density at radius 1 is 0.578 bits per heavy atom. The number of hydrogen-bond acceptors (Lipinski definition) is 9. The molecule has 1 aliphatic rings. The predicted octanol–water partition coefficient (Wildman–Crippen LogP) is 2.60. The molecule has 0 radical (unpaired) electrons. The SMILES string of the molecule is CC[C@H](NC(C)=O)C(=O)N[C@@H](CCC(=O)O)C(=O)N[C@H](C(=O)N[C@@H](CCC(=O)O)C(=O)N[C@@H](CC1CCCCC1)C(=O)N[C@@H](CC(F)F)C(=O)O)C(c1ccccc1)c1ccccc1. The van der Waals surface area contributed by atoms with Crippen LogP contribution in [0.15, 0.2) is 60.7 Å². The smallest absolute Gasteiger partial charge is 0.326 e. The van der Waals surface area contributed by atoms with Gasteiger partial charge in [-0.05, 0) is 42.7 Å². The molecule has 64 heavy (non-hydrogen) atoms. The van der Waals surface area contributed by atoms with Crippen LogP contribution >= 0.6 is 0 Å². The van der Waals surface area contributed by atoms with Crippen molar-refractivity contribution in [3.8, 4) is 0 Å². The van der Waals surface area contributed by atoms with Crippen LogP contribution in [0.4, 0.5) is 8.78 Å². The number of hydrogen-bond donors (Lipinski definition) is 9. The van der Waals surface area contributed by atoms with Crippen molar-refractivity contribution in [3.63, 3.8) is 0 Å². The molecule has 350 valence electrons. The van der Waals surface area contributed by atoms with E-state index in [0.717, 1.165) is 19.3 Å². The van der Waals surface area contributed by atoms with Gasteiger partial charge >= 0.3 is 17.9 Å². The van der Waals surface area contributed by atoms with E-state index in [1.807, 2.05) is 0 Å². The van der Waals surface area contributed by atoms with Gasteiger partial charge < -0.3 is 47.2 Å². The van der Waals surface area contributed by atoms with E-state index in [4.69, 9.17) is 0 Å². The minimum atomic E-state index is -3.09. The number of amides is 6. The number of alkyl halides is 2. The number of carbonyl (C=O) groups is 9. The van der Waals surface area contributed by atoms with E-state index in [1.165, 1.54) is 6.92 Å². The molecule has 6 atom stereocenters. The minimum Gasteiger partial charge on any atom is -0.481 e. The zero-order valence-electron chi connectivity index (χ0n) is 35.7. The van der Waals surface area contributed by atoms with Crippen LogP contribution < -0.4 is 31.9 Å². The maximum Gasteiger partial charge on any atom is 0.326 e. The molecule has 0 aromatic heterocycles. The van der Waals surface area contributed by atoms with E-state index in [2.05, 4.69) is 31.9 Å². The fourth-order valence-corrected chi connectivity index (χ4v) is 7.59. The second kappa shape index (κ2) is 26.2. The second-order valence-electron chi connectivity index (χ2n) is 15.8. The Bertz CT molecular complexity index is 1880. The lowest BCUT2D eigenvalue weighted by atomic mass is 9.84. The van der Waals surface area contributed by atoms with Gasteiger partial charge in [0, 0.05) is 32.1 Å². The van der Waals surface area contributed by atoms with Crippen LogP contribution in [0.3, 0.4) is 0 Å². The lowest BCUT2D eigenvalue weighted by Crippen LogP contribution is -2.60. The van der Waals surface area contributed by atoms with Crippen LogP contribution in [0.1, 0.15) is 108 Å². The predicted molar refractivity (Wildman–Crippen MR) is 225 cm³/mol. The summed E-state index contributed by atoms with van der Waals surface area (Å²) in [4.78, 5) is 117. The van der Waals surface area contributed by atoms with Gasteiger partial charge in [0.15, 0.2) is 0 Å². The number of nitrogens with one attached hydrogen (secondary N) is 6. The minimum absolute atomic E-state index is 0.0226. The number of carbonyl (C=O) groups excluding carboxylic acids is 6. The molecule has 0 bridgehead atoms. The average Bonchev–Trinajstić information content (AvgIpc) is 3.25. The summed E-state index contributed by atoms with van der Waals surface area (Å²) in [5, 5.41) is 43.4. The van der Waals surface area contributed by atoms with Gasteiger partial charge in [-0.25, -0.2) is 13.6 Å². The molecule has 0 heterocycles. The molecule has 1 aliphatic carbocycles. The van der Waals surface area contributed by atoms with Crippen molar-refractivity contribution in [1.82, 2.24) is 31.9 Å². The van der Waals surface area contributed by atoms with E-state index in [0.29, 0.717) is 24.0 Å². The molecule has 0 saturated heterocycles. The standard InChI is InChI=1S/C44H58F2N6O12/c1-3-29(47-25(2)53)39(58)48-31(20-22-36(56)57)41(60)52-38(37(27-15-9-5-10-16-27)28-17-11-6-12-18-28)43(62)49-30(19-21-35(54)55)40(59)50-32(23-26-13-7-4-8-14-26)42(61)51-33(44(63)64)24-34(45)46/h5-6,9-12,15-18,26,29-34,37-38H,3-4,7-8,13-14,19-24H2,1-2H3,(H,47,53)(H,48,58)(H,49,62)(H,50,59)(H,51,61)(H,52,60)(H,54,55)(H,56,57)(H,63,64)/t29-,30-,31-,32-,33-,38-/m0/s1. The van der Waals surface area contributed by atoms with Crippen LogP contribution in [0.5, 0.6) is 0 Å². The second-order valence-corrected chi connectivity index (χ2v) is 15.8. The molecule has 20 heteroatoms. The third-order valence-electron chi connectivity index (χ3n) is 10.8. The summed E-state index contributed by atoms with van der Waals surface area (Å²) in [6.45, 7) is 2.78. The quantitative estimate of drug-likeness (QED) is 0.0659. The van der Waals surface area contributed by atoms with Gasteiger partial charge in [0.05, 0.1) is 0 Å². The average molecular weight is 901 g/mol. The van der Waals surface area contributed by atoms with Crippen molar-refractivity contribution in [3.05, 3.63) is 71.8 Å². The highest BCUT2D eigenvalue weighted by Crippen LogP contribution is 2.30. The zero-order valence-corrected chi connectivity index (χ0v) is 35.7. The molecular formula is C44H58F2N6O12. The number of aliphatic carboxylic acids is 3. The van der Waals surface area contributed by atoms with E-state index in [-0.39, 0.29) is 18.8 Å². The van der Waals surface area contributed by atoms with Gasteiger partial charge in [-0.15, -0.1) is 0 Å². The van der Waals surface area contributed by atoms with Gasteiger partial charge in [0.1, 0.15) is 36.3 Å². The lowest BCUT2D eigenvalue weighted by molar-refractivity contribution is -0.143. The molecule has 0 spiro atoms. The van der Waals surface area contributed by atoms with Gasteiger partial charge in [-0.2, -0.15) is 0 Å². The molecule has 1 fully saturated rings. The first-order valence-corrected chi connectivity index (χ1v) is 21.2. The van der Waals surface area contributed by atoms with Crippen LogP contribution in [-0.2, 0) is 43.2 Å². The van der Waals surface area contributed by atoms with Crippen LogP contribution in [0, 0.1) is 5.92 Å². The van der Waals surface area contributed by atoms with Crippen LogP contribution in [0.2, 0.25) is 0 Å². The van der Waals surface area contributed by atoms with E-state index >= 15 is 0 Å². The van der Waals surface area contributed by atoms with Gasteiger partial charge in [-0.1, -0.05) is 99.7 Å². The zero-order chi connectivity index (χ0) is 47.3. The third-order valence-corrected chi connectivity index (χ3v) is 10.8. The largest absolute Gasteiger partial charge is 0.481 e. The van der Waals surface area contributed by atoms with Crippen LogP contribution in [0.25, 0.3) is 0 Å². The van der Waals surface area contributed by atoms with Crippen LogP contribution in [-0.4, -0.2) is 111 Å². The topological polar surface area (TPSA) is 286 Å². The monoisotopic (exact) mass is 900 g/mol. The third kappa shape index (κ3) is 17.4.